The van der Waals surface area contributed by atoms with Crippen LogP contribution in [0.1, 0.15) is 41.0 Å². The number of carbonyl (C=O) groups is 1. The van der Waals surface area contributed by atoms with Crippen molar-refractivity contribution >= 4 is 22.9 Å². The third-order valence-electron chi connectivity index (χ3n) is 4.93. The summed E-state index contributed by atoms with van der Waals surface area (Å²) in [6.07, 6.45) is 2.36. The molecular weight excluding hydrogens is 350 g/mol. The summed E-state index contributed by atoms with van der Waals surface area (Å²) in [6.45, 7) is 4.90. The Morgan fingerprint density at radius 1 is 1.31 bits per heavy atom. The van der Waals surface area contributed by atoms with Gasteiger partial charge in [0.05, 0.1) is 11.0 Å². The van der Waals surface area contributed by atoms with Crippen molar-refractivity contribution < 1.29 is 9.72 Å². The number of hydrogen-bond acceptors (Lipinski definition) is 5. The van der Waals surface area contributed by atoms with Crippen LogP contribution in [0.3, 0.4) is 0 Å². The van der Waals surface area contributed by atoms with Crippen molar-refractivity contribution in [3.63, 3.8) is 0 Å². The van der Waals surface area contributed by atoms with Crippen LogP contribution >= 0.6 is 11.3 Å². The third kappa shape index (κ3) is 4.47. The zero-order valence-electron chi connectivity index (χ0n) is 14.8. The SMILES string of the molecule is CC1CCN(C(CNC(=O)c2ccc([N+](=O)[O-])cc2)c2cccs2)CC1. The van der Waals surface area contributed by atoms with Crippen LogP contribution in [-0.4, -0.2) is 35.4 Å². The number of nitrogens with one attached hydrogen (secondary N) is 1. The van der Waals surface area contributed by atoms with E-state index < -0.39 is 4.92 Å². The van der Waals surface area contributed by atoms with Crippen molar-refractivity contribution in [2.45, 2.75) is 25.8 Å². The summed E-state index contributed by atoms with van der Waals surface area (Å²) in [7, 11) is 0. The highest BCUT2D eigenvalue weighted by atomic mass is 32.1. The summed E-state index contributed by atoms with van der Waals surface area (Å²) >= 11 is 1.71. The van der Waals surface area contributed by atoms with Crippen LogP contribution in [-0.2, 0) is 0 Å². The van der Waals surface area contributed by atoms with E-state index in [-0.39, 0.29) is 17.6 Å². The van der Waals surface area contributed by atoms with E-state index in [0.717, 1.165) is 19.0 Å². The number of rotatable bonds is 6. The highest BCUT2D eigenvalue weighted by Crippen LogP contribution is 2.29. The second-order valence-corrected chi connectivity index (χ2v) is 7.74. The van der Waals surface area contributed by atoms with Gasteiger partial charge in [-0.15, -0.1) is 11.3 Å². The molecule has 1 amide bonds. The quantitative estimate of drug-likeness (QED) is 0.616. The standard InChI is InChI=1S/C19H23N3O3S/c1-14-8-10-21(11-9-14)17(18-3-2-12-26-18)13-20-19(23)15-4-6-16(7-5-15)22(24)25/h2-7,12,14,17H,8-11,13H2,1H3,(H,20,23). The number of nitro benzene ring substituents is 1. The summed E-state index contributed by atoms with van der Waals surface area (Å²) in [5.74, 6) is 0.553. The molecule has 26 heavy (non-hydrogen) atoms. The Morgan fingerprint density at radius 2 is 2.00 bits per heavy atom. The molecule has 1 aliphatic rings. The minimum absolute atomic E-state index is 0.0135. The number of carbonyl (C=O) groups excluding carboxylic acids is 1. The summed E-state index contributed by atoms with van der Waals surface area (Å²) < 4.78 is 0. The molecule has 1 aromatic carbocycles. The van der Waals surface area contributed by atoms with Gasteiger partial charge in [0.2, 0.25) is 0 Å². The van der Waals surface area contributed by atoms with Crippen molar-refractivity contribution in [2.24, 2.45) is 5.92 Å². The molecule has 2 aromatic rings. The molecule has 1 N–H and O–H groups in total. The smallest absolute Gasteiger partial charge is 0.269 e. The summed E-state index contributed by atoms with van der Waals surface area (Å²) in [5, 5.41) is 15.8. The molecule has 0 saturated carbocycles. The van der Waals surface area contributed by atoms with E-state index in [1.807, 2.05) is 6.07 Å². The number of nitro groups is 1. The largest absolute Gasteiger partial charge is 0.350 e. The van der Waals surface area contributed by atoms with E-state index in [1.54, 1.807) is 11.3 Å². The van der Waals surface area contributed by atoms with Crippen LogP contribution in [0.4, 0.5) is 5.69 Å². The normalized spacial score (nSPS) is 17.0. The number of piperidine rings is 1. The summed E-state index contributed by atoms with van der Waals surface area (Å²) in [6, 6.07) is 10.0. The lowest BCUT2D eigenvalue weighted by molar-refractivity contribution is -0.384. The van der Waals surface area contributed by atoms with Gasteiger partial charge in [0.15, 0.2) is 0 Å². The monoisotopic (exact) mass is 373 g/mol. The number of nitrogens with zero attached hydrogens (tertiary/aromatic N) is 2. The van der Waals surface area contributed by atoms with Crippen molar-refractivity contribution in [1.82, 2.24) is 10.2 Å². The van der Waals surface area contributed by atoms with Gasteiger partial charge in [0.1, 0.15) is 0 Å². The maximum Gasteiger partial charge on any atom is 0.269 e. The van der Waals surface area contributed by atoms with E-state index in [2.05, 4.69) is 28.6 Å². The predicted octanol–water partition coefficient (Wildman–Crippen LogP) is 3.86. The first-order valence-corrected chi connectivity index (χ1v) is 9.72. The predicted molar refractivity (Wildman–Crippen MR) is 102 cm³/mol. The average Bonchev–Trinajstić information content (AvgIpc) is 3.17. The van der Waals surface area contributed by atoms with Crippen LogP contribution < -0.4 is 5.32 Å². The maximum atomic E-state index is 12.4. The molecule has 6 nitrogen and oxygen atoms in total. The molecule has 0 bridgehead atoms. The molecule has 1 atom stereocenters. The van der Waals surface area contributed by atoms with Gasteiger partial charge < -0.3 is 5.32 Å². The molecule has 0 aliphatic carbocycles. The fourth-order valence-electron chi connectivity index (χ4n) is 3.26. The Kier molecular flexibility index (Phi) is 6.00. The molecule has 1 aromatic heterocycles. The molecule has 138 valence electrons. The molecular formula is C19H23N3O3S. The van der Waals surface area contributed by atoms with Crippen molar-refractivity contribution in [1.29, 1.82) is 0 Å². The first-order chi connectivity index (χ1) is 12.5. The third-order valence-corrected chi connectivity index (χ3v) is 5.90. The number of thiophene rings is 1. The molecule has 1 saturated heterocycles. The highest BCUT2D eigenvalue weighted by Gasteiger charge is 2.25. The van der Waals surface area contributed by atoms with E-state index in [4.69, 9.17) is 0 Å². The number of likely N-dealkylation sites (tertiary alicyclic amines) is 1. The van der Waals surface area contributed by atoms with Crippen LogP contribution in [0.2, 0.25) is 0 Å². The second-order valence-electron chi connectivity index (χ2n) is 6.76. The number of amides is 1. The van der Waals surface area contributed by atoms with Gasteiger partial charge in [-0.2, -0.15) is 0 Å². The van der Waals surface area contributed by atoms with Crippen molar-refractivity contribution in [3.8, 4) is 0 Å². The lowest BCUT2D eigenvalue weighted by Gasteiger charge is -2.36. The van der Waals surface area contributed by atoms with Crippen LogP contribution in [0.25, 0.3) is 0 Å². The van der Waals surface area contributed by atoms with Gasteiger partial charge in [-0.05, 0) is 55.4 Å². The topological polar surface area (TPSA) is 75.5 Å². The lowest BCUT2D eigenvalue weighted by atomic mass is 9.97. The van der Waals surface area contributed by atoms with Crippen LogP contribution in [0.15, 0.2) is 41.8 Å². The van der Waals surface area contributed by atoms with E-state index in [1.165, 1.54) is 42.0 Å². The van der Waals surface area contributed by atoms with Gasteiger partial charge in [-0.3, -0.25) is 19.8 Å². The van der Waals surface area contributed by atoms with E-state index in [0.29, 0.717) is 12.1 Å². The van der Waals surface area contributed by atoms with Gasteiger partial charge in [0.25, 0.3) is 11.6 Å². The van der Waals surface area contributed by atoms with Gasteiger partial charge >= 0.3 is 0 Å². The van der Waals surface area contributed by atoms with Crippen molar-refractivity contribution in [3.05, 3.63) is 62.3 Å². The maximum absolute atomic E-state index is 12.4. The summed E-state index contributed by atoms with van der Waals surface area (Å²) in [4.78, 5) is 26.4. The minimum atomic E-state index is -0.466. The van der Waals surface area contributed by atoms with Crippen LogP contribution in [0.5, 0.6) is 0 Å². The Morgan fingerprint density at radius 3 is 2.58 bits per heavy atom. The zero-order valence-corrected chi connectivity index (χ0v) is 15.6. The molecule has 2 heterocycles. The molecule has 0 radical (unpaired) electrons. The Hall–Kier alpha value is -2.25. The fourth-order valence-corrected chi connectivity index (χ4v) is 4.12. The molecule has 7 heteroatoms. The Bertz CT molecular complexity index is 738. The van der Waals surface area contributed by atoms with Crippen LogP contribution in [0, 0.1) is 16.0 Å². The molecule has 1 fully saturated rings. The molecule has 3 rings (SSSR count). The number of hydrogen-bond donors (Lipinski definition) is 1. The van der Waals surface area contributed by atoms with Gasteiger partial charge in [-0.1, -0.05) is 13.0 Å². The highest BCUT2D eigenvalue weighted by molar-refractivity contribution is 7.10. The first-order valence-electron chi connectivity index (χ1n) is 8.84. The summed E-state index contributed by atoms with van der Waals surface area (Å²) in [5.41, 5.74) is 0.424. The fraction of sp³-hybridized carbons (Fsp3) is 0.421. The molecule has 1 unspecified atom stereocenters. The Balaban J connectivity index is 1.65. The second kappa shape index (κ2) is 8.42. The zero-order chi connectivity index (χ0) is 18.5. The lowest BCUT2D eigenvalue weighted by Crippen LogP contribution is -2.41. The van der Waals surface area contributed by atoms with Gasteiger partial charge in [-0.25, -0.2) is 0 Å². The van der Waals surface area contributed by atoms with E-state index in [9.17, 15) is 14.9 Å². The number of non-ortho nitro benzene ring substituents is 1. The van der Waals surface area contributed by atoms with Gasteiger partial charge in [0, 0.05) is 29.1 Å². The molecule has 0 spiro atoms. The number of benzene rings is 1. The molecule has 1 aliphatic heterocycles. The van der Waals surface area contributed by atoms with Crippen molar-refractivity contribution in [2.75, 3.05) is 19.6 Å². The Labute approximate surface area is 157 Å². The average molecular weight is 373 g/mol. The minimum Gasteiger partial charge on any atom is -0.350 e. The first kappa shape index (κ1) is 18.5. The van der Waals surface area contributed by atoms with E-state index >= 15 is 0 Å².